The van der Waals surface area contributed by atoms with E-state index in [2.05, 4.69) is 5.32 Å². The molecule has 1 rings (SSSR count). The largest absolute Gasteiger partial charge is 0.480 e. The van der Waals surface area contributed by atoms with E-state index in [1.54, 1.807) is 20.8 Å². The van der Waals surface area contributed by atoms with E-state index in [1.807, 2.05) is 0 Å². The van der Waals surface area contributed by atoms with Gasteiger partial charge in [-0.15, -0.1) is 0 Å². The van der Waals surface area contributed by atoms with E-state index < -0.39 is 27.9 Å². The molecule has 0 saturated carbocycles. The van der Waals surface area contributed by atoms with E-state index in [0.717, 1.165) is 0 Å². The molecule has 0 radical (unpaired) electrons. The molecule has 9 heteroatoms. The van der Waals surface area contributed by atoms with Gasteiger partial charge < -0.3 is 15.2 Å². The third-order valence-corrected chi connectivity index (χ3v) is 5.90. The van der Waals surface area contributed by atoms with Gasteiger partial charge in [0.25, 0.3) is 5.91 Å². The van der Waals surface area contributed by atoms with Crippen molar-refractivity contribution in [3.05, 3.63) is 29.3 Å². The summed E-state index contributed by atoms with van der Waals surface area (Å²) in [5, 5.41) is 11.4. The van der Waals surface area contributed by atoms with Crippen molar-refractivity contribution in [3.63, 3.8) is 0 Å². The number of aliphatic carboxylic acids is 1. The quantitative estimate of drug-likeness (QED) is 0.665. The Kier molecular flexibility index (Phi) is 7.53. The number of carboxylic acid groups (broad SMARTS) is 1. The lowest BCUT2D eigenvalue weighted by Crippen LogP contribution is -2.43. The molecule has 0 saturated heterocycles. The van der Waals surface area contributed by atoms with Crippen LogP contribution in [0.5, 0.6) is 0 Å². The third-order valence-electron chi connectivity index (χ3n) is 3.71. The summed E-state index contributed by atoms with van der Waals surface area (Å²) in [6.45, 7) is 5.53. The summed E-state index contributed by atoms with van der Waals surface area (Å²) < 4.78 is 31.5. The Bertz CT molecular complexity index is 728. The molecule has 1 aromatic rings. The van der Waals surface area contributed by atoms with Gasteiger partial charge >= 0.3 is 5.97 Å². The number of carbonyl (C=O) groups is 2. The van der Waals surface area contributed by atoms with Crippen LogP contribution in [0.1, 0.15) is 29.8 Å². The maximum absolute atomic E-state index is 12.7. The molecule has 8 nitrogen and oxygen atoms in total. The highest BCUT2D eigenvalue weighted by Crippen LogP contribution is 2.21. The molecule has 0 heterocycles. The van der Waals surface area contributed by atoms with Crippen LogP contribution in [0.25, 0.3) is 0 Å². The number of carboxylic acids is 1. The van der Waals surface area contributed by atoms with E-state index in [0.29, 0.717) is 18.7 Å². The molecule has 0 bridgehead atoms. The Morgan fingerprint density at radius 1 is 1.28 bits per heavy atom. The lowest BCUT2D eigenvalue weighted by molar-refractivity contribution is -0.140. The monoisotopic (exact) mass is 372 g/mol. The van der Waals surface area contributed by atoms with Gasteiger partial charge in [0.05, 0.1) is 11.5 Å². The average Bonchev–Trinajstić information content (AvgIpc) is 2.55. The molecule has 140 valence electrons. The summed E-state index contributed by atoms with van der Waals surface area (Å²) in [6, 6.07) is 3.03. The van der Waals surface area contributed by atoms with Crippen molar-refractivity contribution >= 4 is 21.9 Å². The second kappa shape index (κ2) is 8.93. The standard InChI is InChI=1S/C16H24N2O6S/c1-5-18(6-2)25(22,23)14-9-12(8-7-11(14)3)15(19)17-13(10-24-4)16(20)21/h7-9,13H,5-6,10H2,1-4H3,(H,17,19)(H,20,21). The van der Waals surface area contributed by atoms with Crippen molar-refractivity contribution in [2.24, 2.45) is 0 Å². The number of hydrogen-bond acceptors (Lipinski definition) is 5. The summed E-state index contributed by atoms with van der Waals surface area (Å²) in [6.07, 6.45) is 0. The minimum atomic E-state index is -3.73. The lowest BCUT2D eigenvalue weighted by atomic mass is 10.1. The SMILES string of the molecule is CCN(CC)S(=O)(=O)c1cc(C(=O)NC(COC)C(=O)O)ccc1C. The molecule has 0 aliphatic heterocycles. The van der Waals surface area contributed by atoms with Crippen LogP contribution in [0.4, 0.5) is 0 Å². The summed E-state index contributed by atoms with van der Waals surface area (Å²) >= 11 is 0. The number of benzene rings is 1. The zero-order chi connectivity index (χ0) is 19.2. The van der Waals surface area contributed by atoms with E-state index in [9.17, 15) is 18.0 Å². The number of carbonyl (C=O) groups excluding carboxylic acids is 1. The van der Waals surface area contributed by atoms with Gasteiger partial charge in [-0.25, -0.2) is 13.2 Å². The van der Waals surface area contributed by atoms with Gasteiger partial charge in [-0.1, -0.05) is 19.9 Å². The van der Waals surface area contributed by atoms with Crippen LogP contribution < -0.4 is 5.32 Å². The van der Waals surface area contributed by atoms with Crippen molar-refractivity contribution < 1.29 is 27.9 Å². The zero-order valence-electron chi connectivity index (χ0n) is 14.8. The van der Waals surface area contributed by atoms with Crippen LogP contribution in [0.3, 0.4) is 0 Å². The first-order chi connectivity index (χ1) is 11.7. The minimum Gasteiger partial charge on any atom is -0.480 e. The molecular formula is C16H24N2O6S. The van der Waals surface area contributed by atoms with E-state index >= 15 is 0 Å². The van der Waals surface area contributed by atoms with E-state index in [1.165, 1.54) is 29.6 Å². The fraction of sp³-hybridized carbons (Fsp3) is 0.500. The van der Waals surface area contributed by atoms with Crippen molar-refractivity contribution in [3.8, 4) is 0 Å². The maximum atomic E-state index is 12.7. The topological polar surface area (TPSA) is 113 Å². The molecule has 1 unspecified atom stereocenters. The van der Waals surface area contributed by atoms with Crippen LogP contribution in [0, 0.1) is 6.92 Å². The van der Waals surface area contributed by atoms with Gasteiger partial charge in [-0.05, 0) is 24.6 Å². The fourth-order valence-electron chi connectivity index (χ4n) is 2.30. The first-order valence-corrected chi connectivity index (χ1v) is 9.26. The highest BCUT2D eigenvalue weighted by Gasteiger charge is 2.26. The summed E-state index contributed by atoms with van der Waals surface area (Å²) in [7, 11) is -2.41. The Hall–Kier alpha value is -1.97. The zero-order valence-corrected chi connectivity index (χ0v) is 15.6. The maximum Gasteiger partial charge on any atom is 0.328 e. The number of sulfonamides is 1. The van der Waals surface area contributed by atoms with Crippen molar-refractivity contribution in [1.82, 2.24) is 9.62 Å². The molecule has 0 aliphatic rings. The molecule has 1 aromatic carbocycles. The molecule has 2 N–H and O–H groups in total. The van der Waals surface area contributed by atoms with Crippen LogP contribution >= 0.6 is 0 Å². The number of rotatable bonds is 9. The highest BCUT2D eigenvalue weighted by atomic mass is 32.2. The number of aryl methyl sites for hydroxylation is 1. The Morgan fingerprint density at radius 3 is 2.36 bits per heavy atom. The van der Waals surface area contributed by atoms with E-state index in [4.69, 9.17) is 9.84 Å². The first kappa shape index (κ1) is 21.1. The van der Waals surface area contributed by atoms with Crippen LogP contribution in [-0.2, 0) is 19.6 Å². The van der Waals surface area contributed by atoms with Crippen molar-refractivity contribution in [1.29, 1.82) is 0 Å². The molecule has 0 fully saturated rings. The first-order valence-electron chi connectivity index (χ1n) is 7.82. The molecule has 0 aromatic heterocycles. The molecule has 25 heavy (non-hydrogen) atoms. The molecule has 0 aliphatic carbocycles. The van der Waals surface area contributed by atoms with Crippen LogP contribution in [0.2, 0.25) is 0 Å². The fourth-order valence-corrected chi connectivity index (χ4v) is 4.01. The smallest absolute Gasteiger partial charge is 0.328 e. The van der Waals surface area contributed by atoms with Crippen molar-refractivity contribution in [2.75, 3.05) is 26.8 Å². The number of amides is 1. The van der Waals surface area contributed by atoms with Gasteiger partial charge in [0.15, 0.2) is 6.04 Å². The lowest BCUT2D eigenvalue weighted by Gasteiger charge is -2.20. The summed E-state index contributed by atoms with van der Waals surface area (Å²) in [5.41, 5.74) is 0.578. The molecular weight excluding hydrogens is 348 g/mol. The average molecular weight is 372 g/mol. The van der Waals surface area contributed by atoms with Gasteiger partial charge in [0, 0.05) is 25.8 Å². The van der Waals surface area contributed by atoms with Crippen molar-refractivity contribution in [2.45, 2.75) is 31.7 Å². The normalized spacial score (nSPS) is 12.8. The molecule has 1 atom stereocenters. The van der Waals surface area contributed by atoms with Gasteiger partial charge in [-0.3, -0.25) is 4.79 Å². The van der Waals surface area contributed by atoms with Gasteiger partial charge in [-0.2, -0.15) is 4.31 Å². The Balaban J connectivity index is 3.20. The Labute approximate surface area is 147 Å². The molecule has 1 amide bonds. The van der Waals surface area contributed by atoms with E-state index in [-0.39, 0.29) is 17.1 Å². The predicted octanol–water partition coefficient (Wildman–Crippen LogP) is 0.855. The number of nitrogens with one attached hydrogen (secondary N) is 1. The second-order valence-electron chi connectivity index (χ2n) is 5.39. The number of methoxy groups -OCH3 is 1. The predicted molar refractivity (Wildman–Crippen MR) is 92.1 cm³/mol. The Morgan fingerprint density at radius 2 is 1.88 bits per heavy atom. The highest BCUT2D eigenvalue weighted by molar-refractivity contribution is 7.89. The third kappa shape index (κ3) is 5.00. The van der Waals surface area contributed by atoms with Gasteiger partial charge in [0.2, 0.25) is 10.0 Å². The van der Waals surface area contributed by atoms with Gasteiger partial charge in [0.1, 0.15) is 0 Å². The van der Waals surface area contributed by atoms with Crippen LogP contribution in [0.15, 0.2) is 23.1 Å². The van der Waals surface area contributed by atoms with Crippen LogP contribution in [-0.4, -0.2) is 62.6 Å². The second-order valence-corrected chi connectivity index (χ2v) is 7.30. The minimum absolute atomic E-state index is 0.0301. The summed E-state index contributed by atoms with van der Waals surface area (Å²) in [5.74, 6) is -1.92. The summed E-state index contributed by atoms with van der Waals surface area (Å²) in [4.78, 5) is 23.4. The molecule has 0 spiro atoms. The number of hydrogen-bond donors (Lipinski definition) is 2. The number of nitrogens with zero attached hydrogens (tertiary/aromatic N) is 1. The number of ether oxygens (including phenoxy) is 1.